The summed E-state index contributed by atoms with van der Waals surface area (Å²) in [6.45, 7) is 1.93. The van der Waals surface area contributed by atoms with Gasteiger partial charge in [0.2, 0.25) is 9.84 Å². The van der Waals surface area contributed by atoms with Crippen molar-refractivity contribution in [3.63, 3.8) is 0 Å². The second-order valence-corrected chi connectivity index (χ2v) is 8.21. The molecule has 0 aromatic heterocycles. The van der Waals surface area contributed by atoms with Crippen molar-refractivity contribution in [2.75, 3.05) is 0 Å². The zero-order valence-corrected chi connectivity index (χ0v) is 15.2. The van der Waals surface area contributed by atoms with E-state index in [-0.39, 0.29) is 0 Å². The maximum atomic E-state index is 12.3. The predicted molar refractivity (Wildman–Crippen MR) is 94.5 cm³/mol. The van der Waals surface area contributed by atoms with Crippen LogP contribution in [0.5, 0.6) is 0 Å². The zero-order chi connectivity index (χ0) is 14.8. The summed E-state index contributed by atoms with van der Waals surface area (Å²) in [4.78, 5) is 0.312. The van der Waals surface area contributed by atoms with E-state index in [1.165, 1.54) is 5.41 Å². The Labute approximate surface area is 141 Å². The van der Waals surface area contributed by atoms with Gasteiger partial charge in [-0.05, 0) is 59.3 Å². The Morgan fingerprint density at radius 3 is 2.40 bits per heavy atom. The molecule has 104 valence electrons. The highest BCUT2D eigenvalue weighted by Crippen LogP contribution is 2.27. The van der Waals surface area contributed by atoms with Crippen molar-refractivity contribution >= 4 is 51.9 Å². The number of hydrogen-bond donors (Lipinski definition) is 0. The Balaban J connectivity index is 2.40. The van der Waals surface area contributed by atoms with Crippen LogP contribution < -0.4 is 0 Å². The van der Waals surface area contributed by atoms with Gasteiger partial charge in [0.15, 0.2) is 0 Å². The molecule has 0 fully saturated rings. The quantitative estimate of drug-likeness (QED) is 0.604. The summed E-state index contributed by atoms with van der Waals surface area (Å²) >= 11 is 5.43. The van der Waals surface area contributed by atoms with Crippen molar-refractivity contribution in [1.82, 2.24) is 0 Å². The fourth-order valence-electron chi connectivity index (χ4n) is 1.64. The maximum Gasteiger partial charge on any atom is 0.200 e. The smallest absolute Gasteiger partial charge is 0.200 e. The van der Waals surface area contributed by atoms with Crippen molar-refractivity contribution in [1.29, 1.82) is 0 Å². The largest absolute Gasteiger partial charge is 0.219 e. The Kier molecular flexibility index (Phi) is 5.04. The molecular weight excluding hydrogens is 451 g/mol. The first-order valence-corrected chi connectivity index (χ1v) is 9.25. The average Bonchev–Trinajstić information content (AvgIpc) is 2.38. The number of rotatable bonds is 3. The summed E-state index contributed by atoms with van der Waals surface area (Å²) in [5.74, 6) is 0. The summed E-state index contributed by atoms with van der Waals surface area (Å²) in [6, 6.07) is 14.4. The van der Waals surface area contributed by atoms with E-state index in [1.807, 2.05) is 53.8 Å². The highest BCUT2D eigenvalue weighted by Gasteiger charge is 2.12. The topological polar surface area (TPSA) is 34.1 Å². The van der Waals surface area contributed by atoms with E-state index in [2.05, 4.69) is 15.9 Å². The average molecular weight is 463 g/mol. The van der Waals surface area contributed by atoms with Crippen LogP contribution >= 0.6 is 38.5 Å². The van der Waals surface area contributed by atoms with Crippen LogP contribution in [0.3, 0.4) is 0 Å². The molecular formula is C15H12BrIO2S. The Morgan fingerprint density at radius 1 is 1.15 bits per heavy atom. The van der Waals surface area contributed by atoms with Crippen molar-refractivity contribution in [3.8, 4) is 0 Å². The van der Waals surface area contributed by atoms with E-state index in [1.54, 1.807) is 24.3 Å². The van der Waals surface area contributed by atoms with E-state index in [9.17, 15) is 8.42 Å². The van der Waals surface area contributed by atoms with E-state index in [0.717, 1.165) is 15.6 Å². The van der Waals surface area contributed by atoms with Gasteiger partial charge >= 0.3 is 0 Å². The summed E-state index contributed by atoms with van der Waals surface area (Å²) in [6.07, 6.45) is 0. The standard InChI is InChI=1S/C15H12BrIO2S/c1-11-5-7-14(8-6-11)20(18,19)10-15(17)12-3-2-4-13(16)9-12/h2-10H,1H3/b15-10+. The fraction of sp³-hybridized carbons (Fsp3) is 0.0667. The predicted octanol–water partition coefficient (Wildman–Crippen LogP) is 4.96. The van der Waals surface area contributed by atoms with Crippen LogP contribution in [0, 0.1) is 6.92 Å². The molecule has 0 aliphatic rings. The monoisotopic (exact) mass is 462 g/mol. The molecule has 0 N–H and O–H groups in total. The summed E-state index contributed by atoms with van der Waals surface area (Å²) in [5, 5.41) is 1.31. The van der Waals surface area contributed by atoms with Crippen molar-refractivity contribution < 1.29 is 8.42 Å². The molecule has 2 aromatic carbocycles. The van der Waals surface area contributed by atoms with Gasteiger partial charge in [-0.2, -0.15) is 0 Å². The van der Waals surface area contributed by atoms with E-state index in [4.69, 9.17) is 0 Å². The lowest BCUT2D eigenvalue weighted by Gasteiger charge is -2.03. The van der Waals surface area contributed by atoms with Crippen LogP contribution in [-0.2, 0) is 9.84 Å². The van der Waals surface area contributed by atoms with Crippen molar-refractivity contribution in [2.24, 2.45) is 0 Å². The molecule has 0 amide bonds. The van der Waals surface area contributed by atoms with Crippen molar-refractivity contribution in [3.05, 3.63) is 69.5 Å². The molecule has 5 heteroatoms. The molecule has 0 heterocycles. The Morgan fingerprint density at radius 2 is 1.80 bits per heavy atom. The second-order valence-electron chi connectivity index (χ2n) is 4.33. The number of sulfone groups is 1. The van der Waals surface area contributed by atoms with Gasteiger partial charge in [-0.3, -0.25) is 0 Å². The van der Waals surface area contributed by atoms with Gasteiger partial charge in [0.05, 0.1) is 4.90 Å². The lowest BCUT2D eigenvalue weighted by molar-refractivity contribution is 0.605. The van der Waals surface area contributed by atoms with E-state index < -0.39 is 9.84 Å². The van der Waals surface area contributed by atoms with Gasteiger partial charge in [-0.25, -0.2) is 8.42 Å². The lowest BCUT2D eigenvalue weighted by Crippen LogP contribution is -1.97. The first kappa shape index (κ1) is 15.7. The molecule has 0 radical (unpaired) electrons. The molecule has 2 rings (SSSR count). The molecule has 0 spiro atoms. The van der Waals surface area contributed by atoms with Gasteiger partial charge in [0, 0.05) is 13.5 Å². The third kappa shape index (κ3) is 3.93. The van der Waals surface area contributed by atoms with E-state index in [0.29, 0.717) is 8.48 Å². The Bertz CT molecular complexity index is 750. The highest BCUT2D eigenvalue weighted by molar-refractivity contribution is 14.1. The molecule has 0 bridgehead atoms. The summed E-state index contributed by atoms with van der Waals surface area (Å²) in [7, 11) is -3.42. The molecule has 0 saturated heterocycles. The fourth-order valence-corrected chi connectivity index (χ4v) is 4.44. The van der Waals surface area contributed by atoms with Crippen LogP contribution in [0.1, 0.15) is 11.1 Å². The summed E-state index contributed by atoms with van der Waals surface area (Å²) in [5.41, 5.74) is 1.91. The molecule has 0 unspecified atom stereocenters. The number of halogens is 2. The minimum absolute atomic E-state index is 0.312. The summed E-state index contributed by atoms with van der Waals surface area (Å²) < 4.78 is 26.2. The first-order chi connectivity index (χ1) is 9.38. The Hall–Kier alpha value is -0.660. The number of aryl methyl sites for hydroxylation is 1. The third-order valence-corrected chi connectivity index (χ3v) is 6.03. The van der Waals surface area contributed by atoms with Crippen LogP contribution in [0.4, 0.5) is 0 Å². The number of benzene rings is 2. The first-order valence-electron chi connectivity index (χ1n) is 5.83. The molecule has 0 aliphatic heterocycles. The molecule has 20 heavy (non-hydrogen) atoms. The van der Waals surface area contributed by atoms with Crippen molar-refractivity contribution in [2.45, 2.75) is 11.8 Å². The highest BCUT2D eigenvalue weighted by atomic mass is 127. The minimum Gasteiger partial charge on any atom is -0.219 e. The minimum atomic E-state index is -3.42. The van der Waals surface area contributed by atoms with E-state index >= 15 is 0 Å². The van der Waals surface area contributed by atoms with Crippen LogP contribution in [0.25, 0.3) is 3.58 Å². The zero-order valence-electron chi connectivity index (χ0n) is 10.7. The second kappa shape index (κ2) is 6.41. The maximum absolute atomic E-state index is 12.3. The van der Waals surface area contributed by atoms with Crippen LogP contribution in [-0.4, -0.2) is 8.42 Å². The van der Waals surface area contributed by atoms with Crippen LogP contribution in [0.2, 0.25) is 0 Å². The molecule has 0 saturated carbocycles. The molecule has 2 aromatic rings. The van der Waals surface area contributed by atoms with Gasteiger partial charge in [-0.15, -0.1) is 0 Å². The SMILES string of the molecule is Cc1ccc(S(=O)(=O)/C=C(/I)c2cccc(Br)c2)cc1. The molecule has 0 atom stereocenters. The van der Waals surface area contributed by atoms with Gasteiger partial charge < -0.3 is 0 Å². The third-order valence-electron chi connectivity index (χ3n) is 2.71. The number of hydrogen-bond acceptors (Lipinski definition) is 2. The van der Waals surface area contributed by atoms with Gasteiger partial charge in [-0.1, -0.05) is 45.8 Å². The van der Waals surface area contributed by atoms with Crippen LogP contribution in [0.15, 0.2) is 63.3 Å². The molecule has 0 aliphatic carbocycles. The van der Waals surface area contributed by atoms with Gasteiger partial charge in [0.1, 0.15) is 0 Å². The lowest BCUT2D eigenvalue weighted by atomic mass is 10.2. The molecule has 2 nitrogen and oxygen atoms in total. The normalized spacial score (nSPS) is 12.4. The van der Waals surface area contributed by atoms with Gasteiger partial charge in [0.25, 0.3) is 0 Å².